The lowest BCUT2D eigenvalue weighted by Gasteiger charge is -2.15. The molecule has 1 heterocycles. The Labute approximate surface area is 166 Å². The molecular weight excluding hydrogens is 366 g/mol. The van der Waals surface area contributed by atoms with Crippen molar-refractivity contribution in [3.05, 3.63) is 35.7 Å². The van der Waals surface area contributed by atoms with Crippen LogP contribution in [0.5, 0.6) is 5.75 Å². The lowest BCUT2D eigenvalue weighted by Crippen LogP contribution is -2.42. The van der Waals surface area contributed by atoms with E-state index >= 15 is 0 Å². The number of hydrogen-bond donors (Lipinski definition) is 2. The number of ether oxygens (including phenoxy) is 1. The fourth-order valence-corrected chi connectivity index (χ4v) is 3.05. The summed E-state index contributed by atoms with van der Waals surface area (Å²) in [6, 6.07) is 7.65. The van der Waals surface area contributed by atoms with Gasteiger partial charge in [-0.25, -0.2) is 4.68 Å². The largest absolute Gasteiger partial charge is 0.491 e. The van der Waals surface area contributed by atoms with Gasteiger partial charge in [0.15, 0.2) is 5.69 Å². The summed E-state index contributed by atoms with van der Waals surface area (Å²) in [5.41, 5.74) is 7.79. The quantitative estimate of drug-likeness (QED) is 0.718. The Balaban J connectivity index is 0.00000261. The number of aromatic nitrogens is 3. The molecule has 1 fully saturated rings. The molecule has 1 aromatic heterocycles. The fourth-order valence-electron chi connectivity index (χ4n) is 3.05. The second kappa shape index (κ2) is 9.19. The van der Waals surface area contributed by atoms with E-state index in [-0.39, 0.29) is 30.5 Å². The van der Waals surface area contributed by atoms with Crippen molar-refractivity contribution in [2.45, 2.75) is 52.2 Å². The van der Waals surface area contributed by atoms with Gasteiger partial charge >= 0.3 is 0 Å². The van der Waals surface area contributed by atoms with Gasteiger partial charge in [-0.3, -0.25) is 4.79 Å². The number of nitrogens with zero attached hydrogens (tertiary/aromatic N) is 3. The second-order valence-electron chi connectivity index (χ2n) is 6.96. The van der Waals surface area contributed by atoms with Crippen LogP contribution in [0.2, 0.25) is 0 Å². The van der Waals surface area contributed by atoms with Gasteiger partial charge in [0, 0.05) is 12.6 Å². The van der Waals surface area contributed by atoms with E-state index < -0.39 is 0 Å². The third-order valence-electron chi connectivity index (χ3n) is 4.53. The van der Waals surface area contributed by atoms with E-state index in [1.165, 1.54) is 0 Å². The molecule has 27 heavy (non-hydrogen) atoms. The maximum absolute atomic E-state index is 12.6. The van der Waals surface area contributed by atoms with Crippen molar-refractivity contribution in [2.24, 2.45) is 11.7 Å². The predicted molar refractivity (Wildman–Crippen MR) is 107 cm³/mol. The number of carbonyl (C=O) groups is 1. The SMILES string of the molecule is CCc1c(C(=O)NC(CN)C2CC2)nnn1-c1ccc(OC(C)C)cc1.Cl. The third kappa shape index (κ3) is 4.99. The molecule has 8 heteroatoms. The van der Waals surface area contributed by atoms with E-state index in [4.69, 9.17) is 10.5 Å². The second-order valence-corrected chi connectivity index (χ2v) is 6.96. The molecule has 1 amide bonds. The van der Waals surface area contributed by atoms with E-state index in [1.807, 2.05) is 45.0 Å². The average molecular weight is 394 g/mol. The van der Waals surface area contributed by atoms with Crippen LogP contribution < -0.4 is 15.8 Å². The first kappa shape index (κ1) is 21.2. The molecule has 7 nitrogen and oxygen atoms in total. The third-order valence-corrected chi connectivity index (χ3v) is 4.53. The molecule has 1 unspecified atom stereocenters. The van der Waals surface area contributed by atoms with Crippen molar-refractivity contribution in [1.29, 1.82) is 0 Å². The lowest BCUT2D eigenvalue weighted by atomic mass is 10.1. The highest BCUT2D eigenvalue weighted by molar-refractivity contribution is 5.93. The number of amides is 1. The van der Waals surface area contributed by atoms with Crippen LogP contribution in [0.25, 0.3) is 5.69 Å². The molecular formula is C19H28ClN5O2. The molecule has 2 aromatic rings. The predicted octanol–water partition coefficient (Wildman–Crippen LogP) is 2.51. The molecule has 0 spiro atoms. The minimum atomic E-state index is -0.199. The summed E-state index contributed by atoms with van der Waals surface area (Å²) in [5.74, 6) is 1.10. The van der Waals surface area contributed by atoms with Crippen molar-refractivity contribution >= 4 is 18.3 Å². The molecule has 3 N–H and O–H groups in total. The first-order valence-electron chi connectivity index (χ1n) is 9.26. The molecule has 148 valence electrons. The summed E-state index contributed by atoms with van der Waals surface area (Å²) in [6.45, 7) is 6.41. The number of nitrogens with two attached hydrogens (primary N) is 1. The van der Waals surface area contributed by atoms with Gasteiger partial charge in [-0.1, -0.05) is 12.1 Å². The van der Waals surface area contributed by atoms with Gasteiger partial charge in [0.2, 0.25) is 0 Å². The summed E-state index contributed by atoms with van der Waals surface area (Å²) in [6.07, 6.45) is 3.02. The van der Waals surface area contributed by atoms with Crippen LogP contribution in [0.4, 0.5) is 0 Å². The minimum Gasteiger partial charge on any atom is -0.491 e. The van der Waals surface area contributed by atoms with Crippen LogP contribution in [-0.4, -0.2) is 39.6 Å². The highest BCUT2D eigenvalue weighted by atomic mass is 35.5. The van der Waals surface area contributed by atoms with E-state index in [9.17, 15) is 4.79 Å². The number of halogens is 1. The van der Waals surface area contributed by atoms with E-state index in [0.717, 1.165) is 30.0 Å². The first-order chi connectivity index (χ1) is 12.5. The molecule has 0 radical (unpaired) electrons. The summed E-state index contributed by atoms with van der Waals surface area (Å²) >= 11 is 0. The zero-order valence-electron chi connectivity index (χ0n) is 16.0. The Kier molecular flexibility index (Phi) is 7.21. The Hall–Kier alpha value is -2.12. The van der Waals surface area contributed by atoms with Gasteiger partial charge in [-0.2, -0.15) is 0 Å². The standard InChI is InChI=1S/C19H27N5O2.ClH/c1-4-17-18(19(25)21-16(11-20)13-5-6-13)22-23-24(17)14-7-9-15(10-8-14)26-12(2)3;/h7-10,12-13,16H,4-6,11,20H2,1-3H3,(H,21,25);1H. The molecule has 1 aromatic carbocycles. The molecule has 1 aliphatic rings. The molecule has 0 aliphatic heterocycles. The van der Waals surface area contributed by atoms with Crippen LogP contribution in [-0.2, 0) is 6.42 Å². The van der Waals surface area contributed by atoms with Gasteiger partial charge in [-0.05, 0) is 63.3 Å². The summed E-state index contributed by atoms with van der Waals surface area (Å²) in [5, 5.41) is 11.3. The monoisotopic (exact) mass is 393 g/mol. The molecule has 1 aliphatic carbocycles. The summed E-state index contributed by atoms with van der Waals surface area (Å²) in [4.78, 5) is 12.6. The smallest absolute Gasteiger partial charge is 0.274 e. The van der Waals surface area contributed by atoms with Crippen LogP contribution >= 0.6 is 12.4 Å². The van der Waals surface area contributed by atoms with Crippen LogP contribution in [0.15, 0.2) is 24.3 Å². The average Bonchev–Trinajstić information content (AvgIpc) is 3.37. The van der Waals surface area contributed by atoms with E-state index in [0.29, 0.717) is 24.6 Å². The number of carbonyl (C=O) groups excluding carboxylic acids is 1. The number of benzene rings is 1. The van der Waals surface area contributed by atoms with Crippen molar-refractivity contribution < 1.29 is 9.53 Å². The van der Waals surface area contributed by atoms with Crippen LogP contribution in [0.3, 0.4) is 0 Å². The van der Waals surface area contributed by atoms with Gasteiger partial charge < -0.3 is 15.8 Å². The Morgan fingerprint density at radius 1 is 1.33 bits per heavy atom. The number of rotatable bonds is 8. The molecule has 0 bridgehead atoms. The Bertz CT molecular complexity index is 756. The number of nitrogens with one attached hydrogen (secondary N) is 1. The van der Waals surface area contributed by atoms with Gasteiger partial charge in [0.1, 0.15) is 5.75 Å². The van der Waals surface area contributed by atoms with Crippen molar-refractivity contribution in [1.82, 2.24) is 20.3 Å². The topological polar surface area (TPSA) is 95.1 Å². The van der Waals surface area contributed by atoms with Gasteiger partial charge in [0.05, 0.1) is 17.5 Å². The lowest BCUT2D eigenvalue weighted by molar-refractivity contribution is 0.0927. The van der Waals surface area contributed by atoms with Crippen LogP contribution in [0, 0.1) is 5.92 Å². The zero-order chi connectivity index (χ0) is 18.7. The van der Waals surface area contributed by atoms with Crippen LogP contribution in [0.1, 0.15) is 49.8 Å². The highest BCUT2D eigenvalue weighted by Gasteiger charge is 2.32. The van der Waals surface area contributed by atoms with Crippen molar-refractivity contribution in [3.63, 3.8) is 0 Å². The summed E-state index contributed by atoms with van der Waals surface area (Å²) in [7, 11) is 0. The van der Waals surface area contributed by atoms with E-state index in [2.05, 4.69) is 15.6 Å². The molecule has 1 saturated carbocycles. The van der Waals surface area contributed by atoms with Gasteiger partial charge in [-0.15, -0.1) is 17.5 Å². The molecule has 1 atom stereocenters. The maximum Gasteiger partial charge on any atom is 0.274 e. The fraction of sp³-hybridized carbons (Fsp3) is 0.526. The number of hydrogen-bond acceptors (Lipinski definition) is 5. The zero-order valence-corrected chi connectivity index (χ0v) is 16.8. The summed E-state index contributed by atoms with van der Waals surface area (Å²) < 4.78 is 7.38. The first-order valence-corrected chi connectivity index (χ1v) is 9.26. The maximum atomic E-state index is 12.6. The van der Waals surface area contributed by atoms with Crippen molar-refractivity contribution in [3.8, 4) is 11.4 Å². The molecule has 3 rings (SSSR count). The van der Waals surface area contributed by atoms with Gasteiger partial charge in [0.25, 0.3) is 5.91 Å². The molecule has 0 saturated heterocycles. The Morgan fingerprint density at radius 3 is 2.52 bits per heavy atom. The normalized spacial score (nSPS) is 14.6. The highest BCUT2D eigenvalue weighted by Crippen LogP contribution is 2.32. The van der Waals surface area contributed by atoms with E-state index in [1.54, 1.807) is 4.68 Å². The minimum absolute atomic E-state index is 0. The van der Waals surface area contributed by atoms with Crippen molar-refractivity contribution in [2.75, 3.05) is 6.54 Å². The Morgan fingerprint density at radius 2 is 2.00 bits per heavy atom.